The molecule has 0 spiro atoms. The van der Waals surface area contributed by atoms with Gasteiger partial charge in [-0.15, -0.1) is 6.42 Å². The highest BCUT2D eigenvalue weighted by Gasteiger charge is 2.03. The molecule has 0 aromatic heterocycles. The van der Waals surface area contributed by atoms with E-state index in [0.717, 1.165) is 10.0 Å². The van der Waals surface area contributed by atoms with Crippen molar-refractivity contribution in [3.05, 3.63) is 28.2 Å². The molecule has 0 N–H and O–H groups in total. The van der Waals surface area contributed by atoms with E-state index in [0.29, 0.717) is 5.75 Å². The lowest BCUT2D eigenvalue weighted by Crippen LogP contribution is -2.04. The lowest BCUT2D eigenvalue weighted by atomic mass is 10.2. The molecule has 1 aromatic rings. The second kappa shape index (κ2) is 4.11. The maximum absolute atomic E-state index is 10.7. The number of ether oxygens (including phenoxy) is 1. The van der Waals surface area contributed by atoms with Gasteiger partial charge in [-0.05, 0) is 30.7 Å². The monoisotopic (exact) mass is 238 g/mol. The highest BCUT2D eigenvalue weighted by Crippen LogP contribution is 2.21. The molecule has 0 aliphatic rings. The molecule has 0 amide bonds. The Morgan fingerprint density at radius 1 is 1.62 bits per heavy atom. The molecule has 13 heavy (non-hydrogen) atoms. The zero-order valence-electron chi connectivity index (χ0n) is 7.00. The molecule has 0 saturated carbocycles. The van der Waals surface area contributed by atoms with Crippen LogP contribution in [0, 0.1) is 19.3 Å². The number of carbonyl (C=O) groups excluding carboxylic acids is 1. The summed E-state index contributed by atoms with van der Waals surface area (Å²) in [6.07, 6.45) is 4.87. The molecule has 0 unspecified atom stereocenters. The number of esters is 1. The number of halogens is 1. The van der Waals surface area contributed by atoms with Gasteiger partial charge in [-0.1, -0.05) is 15.9 Å². The van der Waals surface area contributed by atoms with Crippen LogP contribution in [0.5, 0.6) is 5.75 Å². The van der Waals surface area contributed by atoms with Crippen LogP contribution in [-0.2, 0) is 4.79 Å². The van der Waals surface area contributed by atoms with Crippen molar-refractivity contribution in [1.29, 1.82) is 0 Å². The van der Waals surface area contributed by atoms with Gasteiger partial charge in [0, 0.05) is 10.4 Å². The largest absolute Gasteiger partial charge is 0.417 e. The predicted octanol–water partition coefficient (Wildman–Crippen LogP) is 2.30. The predicted molar refractivity (Wildman–Crippen MR) is 53.3 cm³/mol. The summed E-state index contributed by atoms with van der Waals surface area (Å²) >= 11 is 3.30. The van der Waals surface area contributed by atoms with Crippen LogP contribution >= 0.6 is 15.9 Å². The number of carbonyl (C=O) groups is 1. The van der Waals surface area contributed by atoms with E-state index in [4.69, 9.17) is 11.2 Å². The Morgan fingerprint density at radius 2 is 2.31 bits per heavy atom. The summed E-state index contributed by atoms with van der Waals surface area (Å²) in [5, 5.41) is 0. The number of rotatable bonds is 1. The molecule has 0 aliphatic heterocycles. The number of terminal acetylenes is 1. The average Bonchev–Trinajstić information content (AvgIpc) is 2.09. The summed E-state index contributed by atoms with van der Waals surface area (Å²) in [7, 11) is 0. The van der Waals surface area contributed by atoms with Crippen molar-refractivity contribution < 1.29 is 9.53 Å². The third kappa shape index (κ3) is 2.60. The third-order valence-corrected chi connectivity index (χ3v) is 1.95. The van der Waals surface area contributed by atoms with Crippen LogP contribution in [-0.4, -0.2) is 5.97 Å². The molecule has 2 nitrogen and oxygen atoms in total. The van der Waals surface area contributed by atoms with Crippen LogP contribution in [0.15, 0.2) is 22.7 Å². The normalized spacial score (nSPS) is 9.00. The fourth-order valence-electron chi connectivity index (χ4n) is 0.857. The van der Waals surface area contributed by atoms with Gasteiger partial charge in [-0.3, -0.25) is 0 Å². The number of benzene rings is 1. The first kappa shape index (κ1) is 9.82. The Morgan fingerprint density at radius 3 is 2.85 bits per heavy atom. The van der Waals surface area contributed by atoms with Crippen LogP contribution in [0.3, 0.4) is 0 Å². The quantitative estimate of drug-likeness (QED) is 0.325. The van der Waals surface area contributed by atoms with Gasteiger partial charge in [-0.2, -0.15) is 0 Å². The standard InChI is InChI=1S/C10H7BrO2/c1-3-10(12)13-9-5-4-8(11)6-7(9)2/h1,4-6H,2H3. The molecule has 0 fully saturated rings. The van der Waals surface area contributed by atoms with Gasteiger partial charge in [0.1, 0.15) is 5.75 Å². The van der Waals surface area contributed by atoms with Gasteiger partial charge in [0.2, 0.25) is 0 Å². The van der Waals surface area contributed by atoms with Crippen molar-refractivity contribution in [2.45, 2.75) is 6.92 Å². The molecule has 0 bridgehead atoms. The first-order chi connectivity index (χ1) is 6.13. The lowest BCUT2D eigenvalue weighted by molar-refractivity contribution is -0.128. The average molecular weight is 239 g/mol. The first-order valence-electron chi connectivity index (χ1n) is 3.58. The highest BCUT2D eigenvalue weighted by molar-refractivity contribution is 9.10. The zero-order chi connectivity index (χ0) is 9.84. The van der Waals surface area contributed by atoms with E-state index in [1.807, 2.05) is 18.9 Å². The zero-order valence-corrected chi connectivity index (χ0v) is 8.59. The van der Waals surface area contributed by atoms with Crippen molar-refractivity contribution >= 4 is 21.9 Å². The molecule has 0 aliphatic carbocycles. The number of hydrogen-bond acceptors (Lipinski definition) is 2. The Kier molecular flexibility index (Phi) is 3.10. The van der Waals surface area contributed by atoms with Gasteiger partial charge >= 0.3 is 5.97 Å². The van der Waals surface area contributed by atoms with E-state index in [9.17, 15) is 4.79 Å². The van der Waals surface area contributed by atoms with Gasteiger partial charge in [0.25, 0.3) is 0 Å². The van der Waals surface area contributed by atoms with Gasteiger partial charge in [0.15, 0.2) is 0 Å². The van der Waals surface area contributed by atoms with E-state index in [1.165, 1.54) is 0 Å². The fourth-order valence-corrected chi connectivity index (χ4v) is 1.33. The molecular formula is C10H7BrO2. The minimum absolute atomic E-state index is 0.492. The molecular weight excluding hydrogens is 232 g/mol. The van der Waals surface area contributed by atoms with Crippen molar-refractivity contribution in [2.75, 3.05) is 0 Å². The van der Waals surface area contributed by atoms with E-state index < -0.39 is 5.97 Å². The summed E-state index contributed by atoms with van der Waals surface area (Å²) in [6, 6.07) is 5.32. The Labute approximate surface area is 85.0 Å². The molecule has 66 valence electrons. The van der Waals surface area contributed by atoms with Crippen molar-refractivity contribution in [3.8, 4) is 18.1 Å². The van der Waals surface area contributed by atoms with Crippen LogP contribution in [0.25, 0.3) is 0 Å². The van der Waals surface area contributed by atoms with Crippen LogP contribution < -0.4 is 4.74 Å². The Balaban J connectivity index is 2.91. The molecule has 1 rings (SSSR count). The van der Waals surface area contributed by atoms with Gasteiger partial charge in [-0.25, -0.2) is 4.79 Å². The summed E-state index contributed by atoms with van der Waals surface area (Å²) in [5.41, 5.74) is 0.859. The second-order valence-electron chi connectivity index (χ2n) is 2.44. The van der Waals surface area contributed by atoms with E-state index in [2.05, 4.69) is 15.9 Å². The minimum Gasteiger partial charge on any atom is -0.417 e. The van der Waals surface area contributed by atoms with Crippen molar-refractivity contribution in [2.24, 2.45) is 0 Å². The summed E-state index contributed by atoms with van der Waals surface area (Å²) in [5.74, 6) is 1.70. The number of hydrogen-bond donors (Lipinski definition) is 0. The van der Waals surface area contributed by atoms with E-state index in [-0.39, 0.29) is 0 Å². The van der Waals surface area contributed by atoms with Crippen molar-refractivity contribution in [1.82, 2.24) is 0 Å². The lowest BCUT2D eigenvalue weighted by Gasteiger charge is -2.03. The number of aryl methyl sites for hydroxylation is 1. The Hall–Kier alpha value is -1.27. The van der Waals surface area contributed by atoms with Crippen LogP contribution in [0.2, 0.25) is 0 Å². The summed E-state index contributed by atoms with van der Waals surface area (Å²) < 4.78 is 5.79. The molecule has 3 heteroatoms. The van der Waals surface area contributed by atoms with Gasteiger partial charge < -0.3 is 4.74 Å². The highest BCUT2D eigenvalue weighted by atomic mass is 79.9. The second-order valence-corrected chi connectivity index (χ2v) is 3.36. The van der Waals surface area contributed by atoms with Crippen LogP contribution in [0.4, 0.5) is 0 Å². The van der Waals surface area contributed by atoms with E-state index in [1.54, 1.807) is 12.1 Å². The third-order valence-electron chi connectivity index (χ3n) is 1.46. The minimum atomic E-state index is -0.676. The van der Waals surface area contributed by atoms with Crippen LogP contribution in [0.1, 0.15) is 5.56 Å². The smallest absolute Gasteiger partial charge is 0.389 e. The van der Waals surface area contributed by atoms with Gasteiger partial charge in [0.05, 0.1) is 0 Å². The van der Waals surface area contributed by atoms with E-state index >= 15 is 0 Å². The maximum atomic E-state index is 10.7. The first-order valence-corrected chi connectivity index (χ1v) is 4.37. The maximum Gasteiger partial charge on any atom is 0.389 e. The molecule has 1 aromatic carbocycles. The van der Waals surface area contributed by atoms with Crippen molar-refractivity contribution in [3.63, 3.8) is 0 Å². The molecule has 0 saturated heterocycles. The Bertz CT molecular complexity index is 377. The molecule has 0 atom stereocenters. The SMILES string of the molecule is C#CC(=O)Oc1ccc(Br)cc1C. The molecule has 0 heterocycles. The topological polar surface area (TPSA) is 26.3 Å². The summed E-state index contributed by atoms with van der Waals surface area (Å²) in [4.78, 5) is 10.7. The molecule has 0 radical (unpaired) electrons. The fraction of sp³-hybridized carbons (Fsp3) is 0.100. The summed E-state index contributed by atoms with van der Waals surface area (Å²) in [6.45, 7) is 1.84.